The van der Waals surface area contributed by atoms with Crippen molar-refractivity contribution < 1.29 is 28.7 Å². The first kappa shape index (κ1) is 27.5. The summed E-state index contributed by atoms with van der Waals surface area (Å²) in [6, 6.07) is 4.92. The van der Waals surface area contributed by atoms with Crippen LogP contribution in [0, 0.1) is 11.7 Å². The van der Waals surface area contributed by atoms with Crippen molar-refractivity contribution in [1.29, 1.82) is 0 Å². The lowest BCUT2D eigenvalue weighted by Gasteiger charge is -2.39. The minimum atomic E-state index is -1.03. The number of amides is 1. The summed E-state index contributed by atoms with van der Waals surface area (Å²) in [4.78, 5) is 54.5. The largest absolute Gasteiger partial charge is 0.480 e. The monoisotopic (exact) mass is 531 g/mol. The molecule has 3 atom stereocenters. The molecule has 1 saturated carbocycles. The van der Waals surface area contributed by atoms with E-state index in [0.29, 0.717) is 44.7 Å². The van der Waals surface area contributed by atoms with Crippen LogP contribution in [0.1, 0.15) is 44.7 Å². The zero-order chi connectivity index (χ0) is 26.7. The van der Waals surface area contributed by atoms with E-state index in [1.165, 1.54) is 36.6 Å². The number of piperidine rings is 1. The van der Waals surface area contributed by atoms with Crippen molar-refractivity contribution in [3.05, 3.63) is 47.3 Å². The molecule has 37 heavy (non-hydrogen) atoms. The smallest absolute Gasteiger partial charge is 0.326 e. The third-order valence-corrected chi connectivity index (χ3v) is 8.53. The molecule has 4 rings (SSSR count). The molecule has 2 heterocycles. The number of Topliss-reactive ketones (excluding diaryl/α,β-unsaturated/α-hetero) is 1. The van der Waals surface area contributed by atoms with Gasteiger partial charge in [-0.3, -0.25) is 24.2 Å². The molecule has 10 heteroatoms. The third kappa shape index (κ3) is 6.66. The van der Waals surface area contributed by atoms with E-state index in [4.69, 9.17) is 0 Å². The molecule has 200 valence electrons. The molecule has 8 nitrogen and oxygen atoms in total. The number of carbonyl (C=O) groups excluding carboxylic acids is 3. The molecule has 2 saturated heterocycles. The number of rotatable bonds is 9. The first-order valence-electron chi connectivity index (χ1n) is 12.8. The molecule has 3 aliphatic rings. The van der Waals surface area contributed by atoms with Crippen molar-refractivity contribution >= 4 is 34.5 Å². The number of carboxylic acid groups (broad SMARTS) is 1. The van der Waals surface area contributed by atoms with Crippen LogP contribution >= 0.6 is 11.8 Å². The van der Waals surface area contributed by atoms with Gasteiger partial charge in [-0.1, -0.05) is 36.0 Å². The topological polar surface area (TPSA) is 98.2 Å². The highest BCUT2D eigenvalue weighted by Gasteiger charge is 2.41. The number of ketones is 1. The molecule has 0 aromatic heterocycles. The Morgan fingerprint density at radius 2 is 1.86 bits per heavy atom. The number of carbonyl (C=O) groups is 4. The van der Waals surface area contributed by atoms with Gasteiger partial charge in [0.1, 0.15) is 11.9 Å². The molecule has 0 radical (unpaired) electrons. The SMILES string of the molecule is CC(=O)SC1CCN(C(C(=O)C2CC2)c2ccccc2F)C/C1=C\CN1CCN(C(C)C(=O)O)C(=O)C1. The first-order chi connectivity index (χ1) is 17.7. The number of aliphatic carboxylic acids is 1. The van der Waals surface area contributed by atoms with Crippen molar-refractivity contribution in [3.63, 3.8) is 0 Å². The maximum Gasteiger partial charge on any atom is 0.326 e. The van der Waals surface area contributed by atoms with E-state index in [0.717, 1.165) is 18.4 Å². The first-order valence-corrected chi connectivity index (χ1v) is 13.7. The number of thioether (sulfide) groups is 1. The molecule has 1 aromatic rings. The van der Waals surface area contributed by atoms with Crippen LogP contribution in [0.25, 0.3) is 0 Å². The average Bonchev–Trinajstić information content (AvgIpc) is 3.70. The molecule has 1 aliphatic carbocycles. The lowest BCUT2D eigenvalue weighted by Crippen LogP contribution is -2.55. The highest BCUT2D eigenvalue weighted by molar-refractivity contribution is 8.14. The number of benzene rings is 1. The Kier molecular flexibility index (Phi) is 8.82. The van der Waals surface area contributed by atoms with Crippen molar-refractivity contribution in [2.24, 2.45) is 5.92 Å². The van der Waals surface area contributed by atoms with Crippen LogP contribution in [0.5, 0.6) is 0 Å². The van der Waals surface area contributed by atoms with E-state index in [-0.39, 0.29) is 40.3 Å². The number of hydrogen-bond donors (Lipinski definition) is 1. The van der Waals surface area contributed by atoms with Crippen molar-refractivity contribution in [3.8, 4) is 0 Å². The maximum absolute atomic E-state index is 14.8. The Morgan fingerprint density at radius 1 is 1.14 bits per heavy atom. The molecule has 2 aliphatic heterocycles. The Morgan fingerprint density at radius 3 is 2.49 bits per heavy atom. The maximum atomic E-state index is 14.8. The van der Waals surface area contributed by atoms with Crippen molar-refractivity contribution in [1.82, 2.24) is 14.7 Å². The standard InChI is InChI=1S/C27H34FN3O5S/c1-17(27(35)36)31-14-13-29(16-24(31)33)11-9-20-15-30(12-10-23(20)37-18(2)32)25(26(34)19-7-8-19)21-5-3-4-6-22(21)28/h3-6,9,17,19,23,25H,7-8,10-16H2,1-2H3,(H,35,36)/b20-9+. The Bertz CT molecular complexity index is 1090. The van der Waals surface area contributed by atoms with Gasteiger partial charge < -0.3 is 10.0 Å². The van der Waals surface area contributed by atoms with Crippen LogP contribution in [0.15, 0.2) is 35.9 Å². The normalized spacial score (nSPS) is 24.2. The van der Waals surface area contributed by atoms with Crippen LogP contribution in [-0.2, 0) is 19.2 Å². The Labute approximate surface area is 220 Å². The molecule has 3 unspecified atom stereocenters. The number of hydrogen-bond acceptors (Lipinski definition) is 7. The molecule has 0 bridgehead atoms. The predicted octanol–water partition coefficient (Wildman–Crippen LogP) is 2.74. The number of nitrogens with zero attached hydrogens (tertiary/aromatic N) is 3. The Hall–Kier alpha value is -2.56. The number of likely N-dealkylation sites (tertiary alicyclic amines) is 1. The lowest BCUT2D eigenvalue weighted by atomic mass is 9.93. The van der Waals surface area contributed by atoms with Crippen molar-refractivity contribution in [2.75, 3.05) is 39.3 Å². The fraction of sp³-hybridized carbons (Fsp3) is 0.556. The van der Waals surface area contributed by atoms with Gasteiger partial charge in [-0.25, -0.2) is 9.18 Å². The summed E-state index contributed by atoms with van der Waals surface area (Å²) in [5.41, 5.74) is 1.39. The molecule has 0 spiro atoms. The summed E-state index contributed by atoms with van der Waals surface area (Å²) in [7, 11) is 0. The quantitative estimate of drug-likeness (QED) is 0.486. The second kappa shape index (κ2) is 11.9. The van der Waals surface area contributed by atoms with Gasteiger partial charge in [-0.2, -0.15) is 0 Å². The van der Waals surface area contributed by atoms with E-state index in [9.17, 15) is 28.7 Å². The van der Waals surface area contributed by atoms with Crippen LogP contribution < -0.4 is 0 Å². The van der Waals surface area contributed by atoms with E-state index in [1.54, 1.807) is 18.2 Å². The van der Waals surface area contributed by atoms with Gasteiger partial charge in [0.15, 0.2) is 10.9 Å². The summed E-state index contributed by atoms with van der Waals surface area (Å²) in [5.74, 6) is -1.62. The van der Waals surface area contributed by atoms with Crippen LogP contribution in [-0.4, -0.2) is 93.1 Å². The number of halogens is 1. The predicted molar refractivity (Wildman–Crippen MR) is 138 cm³/mol. The second-order valence-corrected chi connectivity index (χ2v) is 11.5. The highest BCUT2D eigenvalue weighted by Crippen LogP contribution is 2.40. The van der Waals surface area contributed by atoms with Crippen LogP contribution in [0.4, 0.5) is 4.39 Å². The molecule has 1 aromatic carbocycles. The zero-order valence-corrected chi connectivity index (χ0v) is 22.1. The zero-order valence-electron chi connectivity index (χ0n) is 21.3. The fourth-order valence-corrected chi connectivity index (χ4v) is 6.08. The van der Waals surface area contributed by atoms with Gasteiger partial charge in [-0.05, 0) is 37.8 Å². The minimum Gasteiger partial charge on any atom is -0.480 e. The summed E-state index contributed by atoms with van der Waals surface area (Å²) in [6.45, 7) is 5.52. The van der Waals surface area contributed by atoms with E-state index >= 15 is 0 Å². The van der Waals surface area contributed by atoms with E-state index in [2.05, 4.69) is 0 Å². The lowest BCUT2D eigenvalue weighted by molar-refractivity contribution is -0.152. The van der Waals surface area contributed by atoms with Gasteiger partial charge in [0, 0.05) is 56.4 Å². The van der Waals surface area contributed by atoms with E-state index < -0.39 is 18.1 Å². The van der Waals surface area contributed by atoms with Crippen molar-refractivity contribution in [2.45, 2.75) is 50.4 Å². The number of piperazine rings is 1. The summed E-state index contributed by atoms with van der Waals surface area (Å²) in [6.07, 6.45) is 4.35. The fourth-order valence-electron chi connectivity index (χ4n) is 5.13. The summed E-state index contributed by atoms with van der Waals surface area (Å²) in [5, 5.41) is 9.20. The van der Waals surface area contributed by atoms with Gasteiger partial charge in [0.05, 0.1) is 12.6 Å². The molecular weight excluding hydrogens is 497 g/mol. The molecule has 1 N–H and O–H groups in total. The molecule has 3 fully saturated rings. The Balaban J connectivity index is 1.51. The highest BCUT2D eigenvalue weighted by atomic mass is 32.2. The van der Waals surface area contributed by atoms with Crippen LogP contribution in [0.2, 0.25) is 0 Å². The summed E-state index contributed by atoms with van der Waals surface area (Å²) >= 11 is 1.27. The molecular formula is C27H34FN3O5S. The number of carboxylic acids is 1. The third-order valence-electron chi connectivity index (χ3n) is 7.37. The van der Waals surface area contributed by atoms with Gasteiger partial charge in [-0.15, -0.1) is 0 Å². The average molecular weight is 532 g/mol. The van der Waals surface area contributed by atoms with Gasteiger partial charge >= 0.3 is 5.97 Å². The van der Waals surface area contributed by atoms with E-state index in [1.807, 2.05) is 15.9 Å². The second-order valence-electron chi connectivity index (χ2n) is 10.1. The minimum absolute atomic E-state index is 0.00973. The van der Waals surface area contributed by atoms with Gasteiger partial charge in [0.25, 0.3) is 0 Å². The van der Waals surface area contributed by atoms with Gasteiger partial charge in [0.2, 0.25) is 5.91 Å². The molecule has 1 amide bonds. The summed E-state index contributed by atoms with van der Waals surface area (Å²) < 4.78 is 14.8. The van der Waals surface area contributed by atoms with Crippen LogP contribution in [0.3, 0.4) is 0 Å².